The van der Waals surface area contributed by atoms with Crippen molar-refractivity contribution in [3.8, 4) is 11.3 Å². The van der Waals surface area contributed by atoms with Crippen LogP contribution in [0.5, 0.6) is 0 Å². The molecule has 9 heteroatoms. The number of halogens is 2. The second kappa shape index (κ2) is 8.90. The maximum absolute atomic E-state index is 14.0. The van der Waals surface area contributed by atoms with Crippen LogP contribution in [0.25, 0.3) is 33.2 Å². The Labute approximate surface area is 195 Å². The van der Waals surface area contributed by atoms with Crippen molar-refractivity contribution in [2.75, 3.05) is 6.61 Å². The molecule has 0 spiro atoms. The van der Waals surface area contributed by atoms with E-state index in [9.17, 15) is 8.78 Å². The second-order valence-electron chi connectivity index (χ2n) is 8.22. The van der Waals surface area contributed by atoms with Crippen molar-refractivity contribution >= 4 is 21.9 Å². The van der Waals surface area contributed by atoms with Crippen LogP contribution in [0.4, 0.5) is 8.78 Å². The third-order valence-electron chi connectivity index (χ3n) is 6.01. The van der Waals surface area contributed by atoms with Gasteiger partial charge in [0, 0.05) is 29.3 Å². The Bertz CT molecular complexity index is 1490. The summed E-state index contributed by atoms with van der Waals surface area (Å²) in [6.07, 6.45) is -1.00. The number of rotatable bonds is 7. The van der Waals surface area contributed by atoms with Crippen LogP contribution in [-0.2, 0) is 24.9 Å². The molecule has 4 aromatic heterocycles. The lowest BCUT2D eigenvalue weighted by Gasteiger charge is -2.09. The maximum Gasteiger partial charge on any atom is 0.264 e. The van der Waals surface area contributed by atoms with Gasteiger partial charge >= 0.3 is 0 Å². The Morgan fingerprint density at radius 1 is 1.06 bits per heavy atom. The summed E-state index contributed by atoms with van der Waals surface area (Å²) < 4.78 is 37.1. The van der Waals surface area contributed by atoms with Crippen LogP contribution in [0.1, 0.15) is 29.1 Å². The minimum Gasteiger partial charge on any atom is -0.373 e. The number of hydrogen-bond donors (Lipinski definition) is 0. The first-order valence-electron chi connectivity index (χ1n) is 11.0. The van der Waals surface area contributed by atoms with Crippen LogP contribution >= 0.6 is 0 Å². The fourth-order valence-corrected chi connectivity index (χ4v) is 4.12. The molecule has 0 bridgehead atoms. The van der Waals surface area contributed by atoms with E-state index in [1.807, 2.05) is 50.4 Å². The second-order valence-corrected chi connectivity index (χ2v) is 8.22. The van der Waals surface area contributed by atoms with Gasteiger partial charge in [-0.1, -0.05) is 24.3 Å². The number of alkyl halides is 2. The maximum atomic E-state index is 14.0. The van der Waals surface area contributed by atoms with E-state index in [1.54, 1.807) is 22.5 Å². The van der Waals surface area contributed by atoms with Crippen LogP contribution in [0, 0.1) is 13.8 Å². The van der Waals surface area contributed by atoms with E-state index in [2.05, 4.69) is 15.2 Å². The van der Waals surface area contributed by atoms with Crippen molar-refractivity contribution in [3.63, 3.8) is 0 Å². The summed E-state index contributed by atoms with van der Waals surface area (Å²) in [5.74, 6) is 0. The van der Waals surface area contributed by atoms with E-state index in [0.29, 0.717) is 42.2 Å². The van der Waals surface area contributed by atoms with Gasteiger partial charge in [-0.25, -0.2) is 18.4 Å². The first-order valence-corrected chi connectivity index (χ1v) is 11.0. The smallest absolute Gasteiger partial charge is 0.264 e. The number of nitrogens with zero attached hydrogens (tertiary/aromatic N) is 6. The first kappa shape index (κ1) is 22.1. The third kappa shape index (κ3) is 4.03. The molecule has 0 amide bonds. The summed E-state index contributed by atoms with van der Waals surface area (Å²) in [6.45, 7) is 4.67. The highest BCUT2D eigenvalue weighted by Crippen LogP contribution is 2.33. The first-order chi connectivity index (χ1) is 16.4. The van der Waals surface area contributed by atoms with Crippen molar-refractivity contribution in [3.05, 3.63) is 71.3 Å². The molecule has 5 rings (SSSR count). The van der Waals surface area contributed by atoms with Gasteiger partial charge in [0.2, 0.25) is 0 Å². The molecule has 174 valence electrons. The summed E-state index contributed by atoms with van der Waals surface area (Å²) in [4.78, 5) is 9.31. The van der Waals surface area contributed by atoms with Crippen molar-refractivity contribution in [1.82, 2.24) is 29.5 Å². The molecule has 0 radical (unpaired) electrons. The van der Waals surface area contributed by atoms with E-state index in [0.717, 1.165) is 27.9 Å². The highest BCUT2D eigenvalue weighted by Gasteiger charge is 2.22. The summed E-state index contributed by atoms with van der Waals surface area (Å²) in [5, 5.41) is 10.2. The number of ether oxygens (including phenoxy) is 1. The van der Waals surface area contributed by atoms with Crippen LogP contribution in [0.15, 0.2) is 48.7 Å². The zero-order valence-corrected chi connectivity index (χ0v) is 19.2. The Morgan fingerprint density at radius 2 is 1.88 bits per heavy atom. The fraction of sp³-hybridized carbons (Fsp3) is 0.280. The average Bonchev–Trinajstić information content (AvgIpc) is 3.34. The number of hydrogen-bond acceptors (Lipinski definition) is 5. The molecule has 0 N–H and O–H groups in total. The van der Waals surface area contributed by atoms with Crippen LogP contribution in [0.3, 0.4) is 0 Å². The van der Waals surface area contributed by atoms with Crippen LogP contribution in [0.2, 0.25) is 0 Å². The molecule has 0 atom stereocenters. The van der Waals surface area contributed by atoms with Gasteiger partial charge in [-0.3, -0.25) is 9.67 Å². The van der Waals surface area contributed by atoms with Crippen LogP contribution < -0.4 is 0 Å². The van der Waals surface area contributed by atoms with E-state index in [-0.39, 0.29) is 5.56 Å². The van der Waals surface area contributed by atoms with Crippen molar-refractivity contribution < 1.29 is 13.5 Å². The molecule has 0 aliphatic rings. The summed E-state index contributed by atoms with van der Waals surface area (Å²) >= 11 is 0. The Kier molecular flexibility index (Phi) is 5.79. The molecule has 0 aliphatic carbocycles. The lowest BCUT2D eigenvalue weighted by atomic mass is 10.1. The number of para-hydroxylation sites is 1. The SMILES string of the molecule is Cc1nn(CCOCc2ccc3ccccc3n2)c2nc(-c3cnn(C)c3C)cc(C(F)F)c12. The minimum atomic E-state index is -2.65. The average molecular weight is 463 g/mol. The Morgan fingerprint density at radius 3 is 2.65 bits per heavy atom. The number of fused-ring (bicyclic) bond motifs is 2. The van der Waals surface area contributed by atoms with Crippen molar-refractivity contribution in [2.45, 2.75) is 33.4 Å². The summed E-state index contributed by atoms with van der Waals surface area (Å²) in [6, 6.07) is 13.3. The lowest BCUT2D eigenvalue weighted by molar-refractivity contribution is 0.109. The number of benzene rings is 1. The van der Waals surface area contributed by atoms with Gasteiger partial charge in [-0.15, -0.1) is 0 Å². The van der Waals surface area contributed by atoms with Gasteiger partial charge < -0.3 is 4.74 Å². The molecule has 0 aliphatic heterocycles. The molecule has 0 saturated carbocycles. The highest BCUT2D eigenvalue weighted by molar-refractivity contribution is 5.85. The van der Waals surface area contributed by atoms with Gasteiger partial charge in [0.05, 0.1) is 53.9 Å². The molecule has 0 unspecified atom stereocenters. The molecular weight excluding hydrogens is 438 g/mol. The van der Waals surface area contributed by atoms with Gasteiger partial charge in [0.15, 0.2) is 5.65 Å². The largest absolute Gasteiger partial charge is 0.373 e. The van der Waals surface area contributed by atoms with Crippen LogP contribution in [-0.4, -0.2) is 36.1 Å². The van der Waals surface area contributed by atoms with E-state index < -0.39 is 6.43 Å². The minimum absolute atomic E-state index is 0.0757. The highest BCUT2D eigenvalue weighted by atomic mass is 19.3. The number of aromatic nitrogens is 6. The zero-order valence-electron chi connectivity index (χ0n) is 19.2. The predicted molar refractivity (Wildman–Crippen MR) is 126 cm³/mol. The summed E-state index contributed by atoms with van der Waals surface area (Å²) in [7, 11) is 1.81. The molecule has 34 heavy (non-hydrogen) atoms. The van der Waals surface area contributed by atoms with Crippen molar-refractivity contribution in [1.29, 1.82) is 0 Å². The van der Waals surface area contributed by atoms with E-state index in [1.165, 1.54) is 6.07 Å². The number of aryl methyl sites for hydroxylation is 2. The Hall–Kier alpha value is -3.72. The van der Waals surface area contributed by atoms with E-state index in [4.69, 9.17) is 9.72 Å². The van der Waals surface area contributed by atoms with Gasteiger partial charge in [0.1, 0.15) is 0 Å². The van der Waals surface area contributed by atoms with Crippen molar-refractivity contribution in [2.24, 2.45) is 7.05 Å². The fourth-order valence-electron chi connectivity index (χ4n) is 4.12. The number of pyridine rings is 2. The van der Waals surface area contributed by atoms with Gasteiger partial charge in [-0.05, 0) is 32.0 Å². The molecule has 0 saturated heterocycles. The molecule has 1 aromatic carbocycles. The molecular formula is C25H24F2N6O. The molecule has 7 nitrogen and oxygen atoms in total. The van der Waals surface area contributed by atoms with Gasteiger partial charge in [-0.2, -0.15) is 10.2 Å². The predicted octanol–water partition coefficient (Wildman–Crippen LogP) is 5.15. The third-order valence-corrected chi connectivity index (χ3v) is 6.01. The standard InChI is InChI=1S/C25H24F2N6O/c1-15-23-19(24(26)27)12-22(20-13-28-32(3)16(20)2)30-25(23)33(31-15)10-11-34-14-18-9-8-17-6-4-5-7-21(17)29-18/h4-9,12-13,24H,10-11,14H2,1-3H3. The topological polar surface area (TPSA) is 70.7 Å². The zero-order chi connectivity index (χ0) is 23.8. The quantitative estimate of drug-likeness (QED) is 0.313. The van der Waals surface area contributed by atoms with E-state index >= 15 is 0 Å². The molecule has 4 heterocycles. The monoisotopic (exact) mass is 462 g/mol. The Balaban J connectivity index is 1.39. The lowest BCUT2D eigenvalue weighted by Crippen LogP contribution is -2.09. The normalized spacial score (nSPS) is 11.8. The summed E-state index contributed by atoms with van der Waals surface area (Å²) in [5.41, 5.74) is 4.62. The van der Waals surface area contributed by atoms with Gasteiger partial charge in [0.25, 0.3) is 6.43 Å². The molecule has 5 aromatic rings. The molecule has 0 fully saturated rings.